The summed E-state index contributed by atoms with van der Waals surface area (Å²) in [5, 5.41) is 0.00564. The van der Waals surface area contributed by atoms with Crippen LogP contribution in [-0.4, -0.2) is 9.97 Å². The maximum Gasteiger partial charge on any atom is 0.416 e. The van der Waals surface area contributed by atoms with E-state index in [1.807, 2.05) is 0 Å². The molecule has 0 spiro atoms. The van der Waals surface area contributed by atoms with Crippen molar-refractivity contribution in [3.05, 3.63) is 47.0 Å². The molecule has 3 nitrogen and oxygen atoms in total. The molecule has 1 heterocycles. The molecule has 1 atom stereocenters. The Balaban J connectivity index is 2.44. The lowest BCUT2D eigenvalue weighted by molar-refractivity contribution is -0.137. The molecule has 0 bridgehead atoms. The van der Waals surface area contributed by atoms with Crippen molar-refractivity contribution in [3.8, 4) is 11.1 Å². The van der Waals surface area contributed by atoms with E-state index in [1.54, 1.807) is 6.92 Å². The Bertz CT molecular complexity index is 609. The standard InChI is InChI=1S/C13H11ClF3N3/c1-7(18)12-19-5-9(6-20-12)8-2-10(13(15,16)17)4-11(14)3-8/h2-7H,18H2,1H3. The summed E-state index contributed by atoms with van der Waals surface area (Å²) in [6.45, 7) is 1.72. The van der Waals surface area contributed by atoms with Crippen molar-refractivity contribution in [1.82, 2.24) is 9.97 Å². The zero-order valence-electron chi connectivity index (χ0n) is 10.4. The number of hydrogen-bond donors (Lipinski definition) is 1. The predicted octanol–water partition coefficient (Wildman–Crippen LogP) is 3.84. The normalized spacial score (nSPS) is 13.3. The fourth-order valence-corrected chi connectivity index (χ4v) is 1.88. The van der Waals surface area contributed by atoms with Crippen LogP contribution in [0.5, 0.6) is 0 Å². The van der Waals surface area contributed by atoms with E-state index < -0.39 is 11.7 Å². The van der Waals surface area contributed by atoms with E-state index in [0.29, 0.717) is 17.0 Å². The molecule has 20 heavy (non-hydrogen) atoms. The lowest BCUT2D eigenvalue weighted by Gasteiger charge is -2.10. The van der Waals surface area contributed by atoms with Gasteiger partial charge in [0.15, 0.2) is 0 Å². The summed E-state index contributed by atoms with van der Waals surface area (Å²) in [6.07, 6.45) is -1.60. The minimum Gasteiger partial charge on any atom is -0.322 e. The van der Waals surface area contributed by atoms with Crippen LogP contribution in [0.4, 0.5) is 13.2 Å². The first kappa shape index (κ1) is 14.7. The zero-order valence-corrected chi connectivity index (χ0v) is 11.2. The summed E-state index contributed by atoms with van der Waals surface area (Å²) in [4.78, 5) is 8.03. The second kappa shape index (κ2) is 5.38. The molecule has 2 rings (SSSR count). The van der Waals surface area contributed by atoms with Gasteiger partial charge in [-0.3, -0.25) is 0 Å². The molecule has 2 N–H and O–H groups in total. The number of halogens is 4. The second-order valence-corrected chi connectivity index (χ2v) is 4.78. The van der Waals surface area contributed by atoms with Gasteiger partial charge in [0.05, 0.1) is 11.6 Å². The first-order valence-corrected chi connectivity index (χ1v) is 6.11. The Morgan fingerprint density at radius 2 is 1.70 bits per heavy atom. The molecule has 0 aliphatic rings. The fourth-order valence-electron chi connectivity index (χ4n) is 1.64. The van der Waals surface area contributed by atoms with Gasteiger partial charge >= 0.3 is 6.18 Å². The quantitative estimate of drug-likeness (QED) is 0.917. The van der Waals surface area contributed by atoms with Gasteiger partial charge in [-0.25, -0.2) is 9.97 Å². The van der Waals surface area contributed by atoms with E-state index in [-0.39, 0.29) is 11.1 Å². The molecule has 1 aromatic heterocycles. The van der Waals surface area contributed by atoms with Crippen LogP contribution in [0, 0.1) is 0 Å². The third kappa shape index (κ3) is 3.26. The van der Waals surface area contributed by atoms with Crippen LogP contribution >= 0.6 is 11.6 Å². The molecule has 1 unspecified atom stereocenters. The average Bonchev–Trinajstić information content (AvgIpc) is 2.37. The number of nitrogens with two attached hydrogens (primary N) is 1. The maximum absolute atomic E-state index is 12.7. The van der Waals surface area contributed by atoms with Gasteiger partial charge in [-0.1, -0.05) is 11.6 Å². The molecule has 0 saturated carbocycles. The van der Waals surface area contributed by atoms with Crippen LogP contribution in [-0.2, 0) is 6.18 Å². The van der Waals surface area contributed by atoms with Crippen molar-refractivity contribution in [2.75, 3.05) is 0 Å². The minimum absolute atomic E-state index is 0.00564. The van der Waals surface area contributed by atoms with Crippen molar-refractivity contribution < 1.29 is 13.2 Å². The third-order valence-corrected chi connectivity index (χ3v) is 2.86. The summed E-state index contributed by atoms with van der Waals surface area (Å²) in [5.41, 5.74) is 5.56. The third-order valence-electron chi connectivity index (χ3n) is 2.64. The minimum atomic E-state index is -4.45. The Morgan fingerprint density at radius 3 is 2.20 bits per heavy atom. The van der Waals surface area contributed by atoms with Crippen LogP contribution in [0.25, 0.3) is 11.1 Å². The molecule has 0 aliphatic heterocycles. The van der Waals surface area contributed by atoms with Gasteiger partial charge < -0.3 is 5.73 Å². The number of aromatic nitrogens is 2. The first-order valence-electron chi connectivity index (χ1n) is 5.73. The summed E-state index contributed by atoms with van der Waals surface area (Å²) in [6, 6.07) is 2.98. The van der Waals surface area contributed by atoms with E-state index in [9.17, 15) is 13.2 Å². The molecular formula is C13H11ClF3N3. The topological polar surface area (TPSA) is 51.8 Å². The number of hydrogen-bond acceptors (Lipinski definition) is 3. The van der Waals surface area contributed by atoms with Gasteiger partial charge in [0.1, 0.15) is 5.82 Å². The second-order valence-electron chi connectivity index (χ2n) is 4.34. The molecular weight excluding hydrogens is 291 g/mol. The van der Waals surface area contributed by atoms with Crippen LogP contribution in [0.15, 0.2) is 30.6 Å². The lowest BCUT2D eigenvalue weighted by atomic mass is 10.1. The summed E-state index contributed by atoms with van der Waals surface area (Å²) in [7, 11) is 0. The molecule has 0 amide bonds. The highest BCUT2D eigenvalue weighted by molar-refractivity contribution is 6.31. The molecule has 2 aromatic rings. The zero-order chi connectivity index (χ0) is 14.9. The fraction of sp³-hybridized carbons (Fsp3) is 0.231. The summed E-state index contributed by atoms with van der Waals surface area (Å²) in [5.74, 6) is 0.423. The van der Waals surface area contributed by atoms with Gasteiger partial charge in [0.25, 0.3) is 0 Å². The molecule has 0 aliphatic carbocycles. The molecule has 1 aromatic carbocycles. The molecule has 0 fully saturated rings. The number of alkyl halides is 3. The SMILES string of the molecule is CC(N)c1ncc(-c2cc(Cl)cc(C(F)(F)F)c2)cn1. The van der Waals surface area contributed by atoms with E-state index >= 15 is 0 Å². The molecule has 106 valence electrons. The van der Waals surface area contributed by atoms with E-state index in [0.717, 1.165) is 12.1 Å². The Morgan fingerprint density at radius 1 is 1.10 bits per heavy atom. The number of rotatable bonds is 2. The highest BCUT2D eigenvalue weighted by Gasteiger charge is 2.31. The van der Waals surface area contributed by atoms with Crippen LogP contribution < -0.4 is 5.73 Å². The van der Waals surface area contributed by atoms with E-state index in [2.05, 4.69) is 9.97 Å². The van der Waals surface area contributed by atoms with E-state index in [1.165, 1.54) is 18.5 Å². The first-order chi connectivity index (χ1) is 9.27. The number of benzene rings is 1. The summed E-state index contributed by atoms with van der Waals surface area (Å²) < 4.78 is 38.2. The Hall–Kier alpha value is -1.66. The van der Waals surface area contributed by atoms with Crippen molar-refractivity contribution in [2.24, 2.45) is 5.73 Å². The van der Waals surface area contributed by atoms with Gasteiger partial charge in [-0.15, -0.1) is 0 Å². The lowest BCUT2D eigenvalue weighted by Crippen LogP contribution is -2.09. The maximum atomic E-state index is 12.7. The Kier molecular flexibility index (Phi) is 3.96. The highest BCUT2D eigenvalue weighted by atomic mass is 35.5. The van der Waals surface area contributed by atoms with Crippen LogP contribution in [0.3, 0.4) is 0 Å². The summed E-state index contributed by atoms with van der Waals surface area (Å²) >= 11 is 5.73. The van der Waals surface area contributed by atoms with E-state index in [4.69, 9.17) is 17.3 Å². The monoisotopic (exact) mass is 301 g/mol. The van der Waals surface area contributed by atoms with Crippen molar-refractivity contribution in [2.45, 2.75) is 19.1 Å². The van der Waals surface area contributed by atoms with Gasteiger partial charge in [-0.05, 0) is 30.7 Å². The Labute approximate surface area is 118 Å². The smallest absolute Gasteiger partial charge is 0.322 e. The van der Waals surface area contributed by atoms with Gasteiger partial charge in [-0.2, -0.15) is 13.2 Å². The van der Waals surface area contributed by atoms with Crippen molar-refractivity contribution >= 4 is 11.6 Å². The number of nitrogens with zero attached hydrogens (tertiary/aromatic N) is 2. The molecule has 7 heteroatoms. The van der Waals surface area contributed by atoms with Crippen LogP contribution in [0.2, 0.25) is 5.02 Å². The average molecular weight is 302 g/mol. The van der Waals surface area contributed by atoms with Crippen molar-refractivity contribution in [3.63, 3.8) is 0 Å². The largest absolute Gasteiger partial charge is 0.416 e. The van der Waals surface area contributed by atoms with Crippen LogP contribution in [0.1, 0.15) is 24.4 Å². The molecule has 0 radical (unpaired) electrons. The van der Waals surface area contributed by atoms with Gasteiger partial charge in [0, 0.05) is 23.0 Å². The predicted molar refractivity (Wildman–Crippen MR) is 70.1 cm³/mol. The van der Waals surface area contributed by atoms with Crippen molar-refractivity contribution in [1.29, 1.82) is 0 Å². The molecule has 0 saturated heterocycles. The van der Waals surface area contributed by atoms with Gasteiger partial charge in [0.2, 0.25) is 0 Å². The highest BCUT2D eigenvalue weighted by Crippen LogP contribution is 2.34.